The van der Waals surface area contributed by atoms with E-state index in [9.17, 15) is 18.0 Å². The first-order valence-electron chi connectivity index (χ1n) is 13.1. The quantitative estimate of drug-likeness (QED) is 0.481. The van der Waals surface area contributed by atoms with Crippen molar-refractivity contribution in [1.29, 1.82) is 0 Å². The summed E-state index contributed by atoms with van der Waals surface area (Å²) >= 11 is 0. The van der Waals surface area contributed by atoms with Gasteiger partial charge in [-0.2, -0.15) is 13.2 Å². The number of carbonyl (C=O) groups excluding carboxylic acids is 1. The Morgan fingerprint density at radius 2 is 1.61 bits per heavy atom. The molecule has 3 aliphatic rings. The molecule has 5 rings (SSSR count). The Morgan fingerprint density at radius 1 is 0.944 bits per heavy atom. The van der Waals surface area contributed by atoms with Gasteiger partial charge in [0.15, 0.2) is 0 Å². The predicted octanol–water partition coefficient (Wildman–Crippen LogP) is 5.81. The summed E-state index contributed by atoms with van der Waals surface area (Å²) < 4.78 is 46.3. The number of rotatable bonds is 7. The van der Waals surface area contributed by atoms with Crippen LogP contribution in [0.25, 0.3) is 11.1 Å². The molecule has 194 valence electrons. The van der Waals surface area contributed by atoms with Gasteiger partial charge in [-0.25, -0.2) is 4.98 Å². The maximum atomic E-state index is 13.5. The molecule has 3 fully saturated rings. The second-order valence-corrected chi connectivity index (χ2v) is 10.6. The first-order valence-corrected chi connectivity index (χ1v) is 13.1. The summed E-state index contributed by atoms with van der Waals surface area (Å²) in [6.45, 7) is 3.72. The van der Waals surface area contributed by atoms with Crippen LogP contribution in [0.4, 0.5) is 13.2 Å². The zero-order valence-corrected chi connectivity index (χ0v) is 20.6. The fourth-order valence-electron chi connectivity index (χ4n) is 5.62. The average Bonchev–Trinajstić information content (AvgIpc) is 3.40. The standard InChI is InChI=1S/C28H34F3N3O2/c29-28(30,31)27(12-3-13-27)20-33-16-10-21(11-17-33)19-36-25-9-8-24(18-32-25)22-4-6-23(7-5-22)26(35)34-14-1-2-15-34/h4-9,18,21H,1-3,10-17,19-20H2. The maximum absolute atomic E-state index is 13.5. The Bertz CT molecular complexity index is 1020. The highest BCUT2D eigenvalue weighted by molar-refractivity contribution is 5.94. The van der Waals surface area contributed by atoms with Gasteiger partial charge in [0, 0.05) is 43.0 Å². The van der Waals surface area contributed by atoms with E-state index >= 15 is 0 Å². The summed E-state index contributed by atoms with van der Waals surface area (Å²) in [5, 5.41) is 0. The molecule has 1 aliphatic carbocycles. The molecule has 0 bridgehead atoms. The van der Waals surface area contributed by atoms with Crippen LogP contribution in [0.3, 0.4) is 0 Å². The van der Waals surface area contributed by atoms with Crippen LogP contribution in [-0.4, -0.2) is 66.2 Å². The highest BCUT2D eigenvalue weighted by Gasteiger charge is 2.58. The summed E-state index contributed by atoms with van der Waals surface area (Å²) in [7, 11) is 0. The van der Waals surface area contributed by atoms with Gasteiger partial charge < -0.3 is 14.5 Å². The predicted molar refractivity (Wildman–Crippen MR) is 132 cm³/mol. The van der Waals surface area contributed by atoms with Crippen LogP contribution in [0.1, 0.15) is 55.3 Å². The lowest BCUT2D eigenvalue weighted by atomic mass is 9.67. The van der Waals surface area contributed by atoms with Gasteiger partial charge in [0.1, 0.15) is 0 Å². The molecule has 5 nitrogen and oxygen atoms in total. The third-order valence-electron chi connectivity index (χ3n) is 8.21. The minimum Gasteiger partial charge on any atom is -0.477 e. The fourth-order valence-corrected chi connectivity index (χ4v) is 5.62. The Balaban J connectivity index is 1.08. The van der Waals surface area contributed by atoms with Crippen molar-refractivity contribution in [2.45, 2.75) is 51.1 Å². The van der Waals surface area contributed by atoms with Crippen molar-refractivity contribution in [2.75, 3.05) is 39.3 Å². The molecule has 2 saturated heterocycles. The minimum atomic E-state index is -4.10. The van der Waals surface area contributed by atoms with Crippen molar-refractivity contribution in [3.05, 3.63) is 48.2 Å². The maximum Gasteiger partial charge on any atom is 0.395 e. The van der Waals surface area contributed by atoms with Gasteiger partial charge in [0.2, 0.25) is 5.88 Å². The van der Waals surface area contributed by atoms with Crippen molar-refractivity contribution in [3.8, 4) is 17.0 Å². The summed E-state index contributed by atoms with van der Waals surface area (Å²) in [6, 6.07) is 11.4. The smallest absolute Gasteiger partial charge is 0.395 e. The molecule has 1 aromatic carbocycles. The monoisotopic (exact) mass is 501 g/mol. The summed E-state index contributed by atoms with van der Waals surface area (Å²) in [6.07, 6.45) is 2.71. The number of carbonyl (C=O) groups is 1. The van der Waals surface area contributed by atoms with Crippen LogP contribution in [0.5, 0.6) is 5.88 Å². The van der Waals surface area contributed by atoms with E-state index in [4.69, 9.17) is 4.74 Å². The molecule has 2 aromatic rings. The van der Waals surface area contributed by atoms with Crippen LogP contribution in [0, 0.1) is 11.3 Å². The number of aromatic nitrogens is 1. The first kappa shape index (κ1) is 25.1. The van der Waals surface area contributed by atoms with Gasteiger partial charge in [0.25, 0.3) is 5.91 Å². The number of nitrogens with zero attached hydrogens (tertiary/aromatic N) is 3. The molecule has 36 heavy (non-hydrogen) atoms. The molecule has 0 spiro atoms. The Labute approximate surface area is 210 Å². The van der Waals surface area contributed by atoms with E-state index in [0.29, 0.717) is 43.5 Å². The van der Waals surface area contributed by atoms with Crippen LogP contribution in [0.2, 0.25) is 0 Å². The van der Waals surface area contributed by atoms with Crippen molar-refractivity contribution in [1.82, 2.24) is 14.8 Å². The van der Waals surface area contributed by atoms with Gasteiger partial charge in [-0.3, -0.25) is 4.79 Å². The normalized spacial score (nSPS) is 20.8. The van der Waals surface area contributed by atoms with E-state index in [-0.39, 0.29) is 25.3 Å². The topological polar surface area (TPSA) is 45.7 Å². The van der Waals surface area contributed by atoms with E-state index in [0.717, 1.165) is 49.9 Å². The van der Waals surface area contributed by atoms with Gasteiger partial charge in [-0.05, 0) is 81.3 Å². The van der Waals surface area contributed by atoms with Gasteiger partial charge in [0.05, 0.1) is 12.0 Å². The summed E-state index contributed by atoms with van der Waals surface area (Å²) in [5.74, 6) is 0.966. The van der Waals surface area contributed by atoms with E-state index in [1.807, 2.05) is 46.2 Å². The zero-order chi connectivity index (χ0) is 25.2. The Kier molecular flexibility index (Phi) is 7.24. The second kappa shape index (κ2) is 10.4. The fraction of sp³-hybridized carbons (Fsp3) is 0.571. The number of amides is 1. The number of benzene rings is 1. The minimum absolute atomic E-state index is 0.0923. The number of piperidine rings is 1. The molecular weight excluding hydrogens is 467 g/mol. The molecule has 8 heteroatoms. The van der Waals surface area contributed by atoms with Crippen molar-refractivity contribution >= 4 is 5.91 Å². The second-order valence-electron chi connectivity index (χ2n) is 10.6. The van der Waals surface area contributed by atoms with Crippen molar-refractivity contribution in [3.63, 3.8) is 0 Å². The largest absolute Gasteiger partial charge is 0.477 e. The molecule has 3 heterocycles. The number of hydrogen-bond acceptors (Lipinski definition) is 4. The molecule has 0 N–H and O–H groups in total. The van der Waals surface area contributed by atoms with Crippen LogP contribution >= 0.6 is 0 Å². The van der Waals surface area contributed by atoms with Crippen LogP contribution in [-0.2, 0) is 0 Å². The number of halogens is 3. The van der Waals surface area contributed by atoms with Gasteiger partial charge in [-0.1, -0.05) is 18.6 Å². The van der Waals surface area contributed by atoms with E-state index in [1.165, 1.54) is 0 Å². The highest BCUT2D eigenvalue weighted by atomic mass is 19.4. The molecule has 1 saturated carbocycles. The number of ether oxygens (including phenoxy) is 1. The first-order chi connectivity index (χ1) is 17.3. The number of alkyl halides is 3. The molecule has 0 radical (unpaired) electrons. The third kappa shape index (κ3) is 5.38. The lowest BCUT2D eigenvalue weighted by Gasteiger charge is -2.47. The number of likely N-dealkylation sites (tertiary alicyclic amines) is 2. The lowest BCUT2D eigenvalue weighted by molar-refractivity contribution is -0.256. The SMILES string of the molecule is O=C(c1ccc(-c2ccc(OCC3CCN(CC4(C(F)(F)F)CCC4)CC3)nc2)cc1)N1CCCC1. The van der Waals surface area contributed by atoms with Gasteiger partial charge >= 0.3 is 6.18 Å². The molecule has 1 aromatic heterocycles. The molecule has 1 amide bonds. The Hall–Kier alpha value is -2.61. The molecule has 0 atom stereocenters. The summed E-state index contributed by atoms with van der Waals surface area (Å²) in [4.78, 5) is 20.9. The van der Waals surface area contributed by atoms with E-state index in [1.54, 1.807) is 6.20 Å². The van der Waals surface area contributed by atoms with E-state index < -0.39 is 11.6 Å². The van der Waals surface area contributed by atoms with Crippen molar-refractivity contribution in [2.24, 2.45) is 11.3 Å². The van der Waals surface area contributed by atoms with Crippen molar-refractivity contribution < 1.29 is 22.7 Å². The lowest BCUT2D eigenvalue weighted by Crippen LogP contribution is -2.53. The Morgan fingerprint density at radius 3 is 2.17 bits per heavy atom. The average molecular weight is 502 g/mol. The summed E-state index contributed by atoms with van der Waals surface area (Å²) in [5.41, 5.74) is 1.17. The number of hydrogen-bond donors (Lipinski definition) is 0. The highest BCUT2D eigenvalue weighted by Crippen LogP contribution is 2.53. The van der Waals surface area contributed by atoms with E-state index in [2.05, 4.69) is 4.98 Å². The molecular formula is C28H34F3N3O2. The van der Waals surface area contributed by atoms with Crippen LogP contribution < -0.4 is 4.74 Å². The molecule has 0 unspecified atom stereocenters. The van der Waals surface area contributed by atoms with Gasteiger partial charge in [-0.15, -0.1) is 0 Å². The molecule has 2 aliphatic heterocycles. The zero-order valence-electron chi connectivity index (χ0n) is 20.6. The van der Waals surface area contributed by atoms with Crippen LogP contribution in [0.15, 0.2) is 42.6 Å². The number of pyridine rings is 1. The third-order valence-corrected chi connectivity index (χ3v) is 8.21.